The van der Waals surface area contributed by atoms with Gasteiger partial charge in [0, 0.05) is 38.3 Å². The summed E-state index contributed by atoms with van der Waals surface area (Å²) in [5.41, 5.74) is 1.89. The highest BCUT2D eigenvalue weighted by Gasteiger charge is 2.19. The van der Waals surface area contributed by atoms with E-state index in [1.165, 1.54) is 0 Å². The average Bonchev–Trinajstić information content (AvgIpc) is 2.41. The highest BCUT2D eigenvalue weighted by molar-refractivity contribution is 5.29. The first-order valence-electron chi connectivity index (χ1n) is 7.64. The molecule has 0 bridgehead atoms. The maximum absolute atomic E-state index is 14.2. The van der Waals surface area contributed by atoms with Crippen LogP contribution >= 0.6 is 0 Å². The number of benzene rings is 1. The van der Waals surface area contributed by atoms with Crippen LogP contribution in [0.25, 0.3) is 0 Å². The predicted octanol–water partition coefficient (Wildman–Crippen LogP) is 3.26. The molecule has 2 rings (SSSR count). The van der Waals surface area contributed by atoms with Gasteiger partial charge in [-0.1, -0.05) is 39.8 Å². The summed E-state index contributed by atoms with van der Waals surface area (Å²) >= 11 is 0. The van der Waals surface area contributed by atoms with E-state index in [9.17, 15) is 4.39 Å². The molecule has 2 nitrogen and oxygen atoms in total. The Morgan fingerprint density at radius 1 is 1.05 bits per heavy atom. The average molecular weight is 278 g/mol. The third-order valence-corrected chi connectivity index (χ3v) is 4.23. The third kappa shape index (κ3) is 3.80. The number of hydrogen-bond acceptors (Lipinski definition) is 2. The molecule has 0 saturated carbocycles. The van der Waals surface area contributed by atoms with Crippen LogP contribution in [0.4, 0.5) is 4.39 Å². The minimum absolute atomic E-state index is 0.00607. The van der Waals surface area contributed by atoms with Crippen molar-refractivity contribution in [1.82, 2.24) is 9.80 Å². The second-order valence-electron chi connectivity index (χ2n) is 6.77. The van der Waals surface area contributed by atoms with Gasteiger partial charge in [0.1, 0.15) is 5.82 Å². The molecule has 20 heavy (non-hydrogen) atoms. The first-order chi connectivity index (χ1) is 9.40. The first kappa shape index (κ1) is 15.5. The summed E-state index contributed by atoms with van der Waals surface area (Å²) in [5, 5.41) is 0. The largest absolute Gasteiger partial charge is 0.301 e. The van der Waals surface area contributed by atoms with Gasteiger partial charge in [-0.15, -0.1) is 0 Å². The van der Waals surface area contributed by atoms with E-state index >= 15 is 0 Å². The Morgan fingerprint density at radius 3 is 2.15 bits per heavy atom. The van der Waals surface area contributed by atoms with E-state index in [1.54, 1.807) is 6.07 Å². The highest BCUT2D eigenvalue weighted by Crippen LogP contribution is 2.24. The zero-order valence-electron chi connectivity index (χ0n) is 13.2. The molecule has 112 valence electrons. The fourth-order valence-electron chi connectivity index (χ4n) is 2.65. The van der Waals surface area contributed by atoms with Gasteiger partial charge in [-0.25, -0.2) is 4.39 Å². The Bertz CT molecular complexity index is 443. The van der Waals surface area contributed by atoms with E-state index in [1.807, 2.05) is 6.07 Å². The van der Waals surface area contributed by atoms with Crippen molar-refractivity contribution in [3.05, 3.63) is 35.1 Å². The van der Waals surface area contributed by atoms with Gasteiger partial charge in [0.2, 0.25) is 0 Å². The van der Waals surface area contributed by atoms with E-state index in [2.05, 4.69) is 43.6 Å². The summed E-state index contributed by atoms with van der Waals surface area (Å²) in [4.78, 5) is 4.79. The fourth-order valence-corrected chi connectivity index (χ4v) is 2.65. The van der Waals surface area contributed by atoms with Gasteiger partial charge in [0.15, 0.2) is 0 Å². The maximum atomic E-state index is 14.2. The number of halogens is 1. The molecule has 1 aliphatic heterocycles. The minimum Gasteiger partial charge on any atom is -0.301 e. The third-order valence-electron chi connectivity index (χ3n) is 4.23. The molecule has 0 atom stereocenters. The Labute approximate surface area is 122 Å². The Hall–Kier alpha value is -0.930. The van der Waals surface area contributed by atoms with Crippen molar-refractivity contribution < 1.29 is 4.39 Å². The normalized spacial score (nSPS) is 18.4. The van der Waals surface area contributed by atoms with E-state index in [0.29, 0.717) is 0 Å². The van der Waals surface area contributed by atoms with Crippen molar-refractivity contribution in [2.75, 3.05) is 32.7 Å². The van der Waals surface area contributed by atoms with Crippen LogP contribution in [0, 0.1) is 5.82 Å². The molecule has 0 spiro atoms. The molecule has 0 N–H and O–H groups in total. The lowest BCUT2D eigenvalue weighted by atomic mass is 9.86. The summed E-state index contributed by atoms with van der Waals surface area (Å²) in [7, 11) is 0. The van der Waals surface area contributed by atoms with Gasteiger partial charge >= 0.3 is 0 Å². The molecule has 0 radical (unpaired) electrons. The number of hydrogen-bond donors (Lipinski definition) is 0. The standard InChI is InChI=1S/C17H27FN2/c1-5-19-8-10-20(11-9-19)13-14-6-7-15(12-16(14)18)17(2,3)4/h6-7,12H,5,8-11,13H2,1-4H3. The Balaban J connectivity index is 2.00. The molecule has 0 amide bonds. The van der Waals surface area contributed by atoms with Crippen molar-refractivity contribution in [2.24, 2.45) is 0 Å². The lowest BCUT2D eigenvalue weighted by Gasteiger charge is -2.34. The van der Waals surface area contributed by atoms with Crippen LogP contribution in [-0.2, 0) is 12.0 Å². The molecule has 1 heterocycles. The summed E-state index contributed by atoms with van der Waals surface area (Å²) in [6.45, 7) is 14.7. The molecule has 0 aliphatic carbocycles. The zero-order chi connectivity index (χ0) is 14.8. The monoisotopic (exact) mass is 278 g/mol. The lowest BCUT2D eigenvalue weighted by Crippen LogP contribution is -2.45. The van der Waals surface area contributed by atoms with Crippen LogP contribution in [0.1, 0.15) is 38.8 Å². The highest BCUT2D eigenvalue weighted by atomic mass is 19.1. The Morgan fingerprint density at radius 2 is 1.65 bits per heavy atom. The summed E-state index contributed by atoms with van der Waals surface area (Å²) in [6, 6.07) is 5.74. The van der Waals surface area contributed by atoms with Crippen LogP contribution in [0.5, 0.6) is 0 Å². The first-order valence-corrected chi connectivity index (χ1v) is 7.64. The zero-order valence-corrected chi connectivity index (χ0v) is 13.2. The van der Waals surface area contributed by atoms with Crippen molar-refractivity contribution in [1.29, 1.82) is 0 Å². The number of rotatable bonds is 3. The van der Waals surface area contributed by atoms with Crippen LogP contribution < -0.4 is 0 Å². The second-order valence-corrected chi connectivity index (χ2v) is 6.77. The van der Waals surface area contributed by atoms with Gasteiger partial charge in [-0.3, -0.25) is 4.90 Å². The summed E-state index contributed by atoms with van der Waals surface area (Å²) in [5.74, 6) is -0.0599. The smallest absolute Gasteiger partial charge is 0.127 e. The molecule has 0 aromatic heterocycles. The van der Waals surface area contributed by atoms with Gasteiger partial charge in [-0.05, 0) is 23.6 Å². The van der Waals surface area contributed by atoms with Gasteiger partial charge in [0.05, 0.1) is 0 Å². The van der Waals surface area contributed by atoms with E-state index < -0.39 is 0 Å². The molecular weight excluding hydrogens is 251 g/mol. The molecule has 1 saturated heterocycles. The molecule has 1 aromatic carbocycles. The van der Waals surface area contributed by atoms with Crippen molar-refractivity contribution >= 4 is 0 Å². The second kappa shape index (κ2) is 6.23. The molecule has 1 fully saturated rings. The van der Waals surface area contributed by atoms with Crippen LogP contribution in [-0.4, -0.2) is 42.5 Å². The van der Waals surface area contributed by atoms with Gasteiger partial charge in [0.25, 0.3) is 0 Å². The van der Waals surface area contributed by atoms with Gasteiger partial charge < -0.3 is 4.90 Å². The van der Waals surface area contributed by atoms with E-state index in [4.69, 9.17) is 0 Å². The van der Waals surface area contributed by atoms with Crippen LogP contribution in [0.15, 0.2) is 18.2 Å². The molecule has 3 heteroatoms. The summed E-state index contributed by atoms with van der Waals surface area (Å²) < 4.78 is 14.2. The van der Waals surface area contributed by atoms with Crippen molar-refractivity contribution in [2.45, 2.75) is 39.7 Å². The minimum atomic E-state index is -0.0599. The Kier molecular flexibility index (Phi) is 4.82. The maximum Gasteiger partial charge on any atom is 0.127 e. The molecule has 0 unspecified atom stereocenters. The number of piperazine rings is 1. The van der Waals surface area contributed by atoms with E-state index in [-0.39, 0.29) is 11.2 Å². The fraction of sp³-hybridized carbons (Fsp3) is 0.647. The molecule has 1 aliphatic rings. The number of likely N-dealkylation sites (N-methyl/N-ethyl adjacent to an activating group) is 1. The summed E-state index contributed by atoms with van der Waals surface area (Å²) in [6.07, 6.45) is 0. The van der Waals surface area contributed by atoms with E-state index in [0.717, 1.165) is 50.4 Å². The van der Waals surface area contributed by atoms with Gasteiger partial charge in [-0.2, -0.15) is 0 Å². The molecule has 1 aromatic rings. The predicted molar refractivity (Wildman–Crippen MR) is 82.5 cm³/mol. The van der Waals surface area contributed by atoms with Crippen molar-refractivity contribution in [3.8, 4) is 0 Å². The topological polar surface area (TPSA) is 6.48 Å². The van der Waals surface area contributed by atoms with Crippen molar-refractivity contribution in [3.63, 3.8) is 0 Å². The lowest BCUT2D eigenvalue weighted by molar-refractivity contribution is 0.131. The van der Waals surface area contributed by atoms with Crippen LogP contribution in [0.2, 0.25) is 0 Å². The molecular formula is C17H27FN2. The SMILES string of the molecule is CCN1CCN(Cc2ccc(C(C)(C)C)cc2F)CC1. The number of nitrogens with zero attached hydrogens (tertiary/aromatic N) is 2. The quantitative estimate of drug-likeness (QED) is 0.837. The van der Waals surface area contributed by atoms with Crippen LogP contribution in [0.3, 0.4) is 0 Å².